The van der Waals surface area contributed by atoms with Crippen LogP contribution in [0.5, 0.6) is 0 Å². The van der Waals surface area contributed by atoms with Gasteiger partial charge >= 0.3 is 0 Å². The lowest BCUT2D eigenvalue weighted by atomic mass is 10.2. The molecule has 0 saturated heterocycles. The second-order valence-electron chi connectivity index (χ2n) is 7.64. The molecule has 7 nitrogen and oxygen atoms in total. The average molecular weight is 416 g/mol. The first-order chi connectivity index (χ1) is 15.0. The van der Waals surface area contributed by atoms with Gasteiger partial charge in [0, 0.05) is 24.1 Å². The van der Waals surface area contributed by atoms with Gasteiger partial charge < -0.3 is 15.0 Å². The Bertz CT molecular complexity index is 1220. The van der Waals surface area contributed by atoms with Crippen molar-refractivity contribution in [2.45, 2.75) is 40.8 Å². The summed E-state index contributed by atoms with van der Waals surface area (Å²) >= 11 is 0. The molecule has 4 rings (SSSR count). The van der Waals surface area contributed by atoms with Crippen LogP contribution in [0.4, 0.5) is 0 Å². The van der Waals surface area contributed by atoms with E-state index < -0.39 is 0 Å². The van der Waals surface area contributed by atoms with Gasteiger partial charge in [0.05, 0.1) is 30.2 Å². The molecule has 7 heteroatoms. The third kappa shape index (κ3) is 4.60. The second-order valence-corrected chi connectivity index (χ2v) is 7.64. The number of aryl methyl sites for hydroxylation is 3. The first kappa shape index (κ1) is 20.7. The zero-order valence-corrected chi connectivity index (χ0v) is 18.6. The highest BCUT2D eigenvalue weighted by atomic mass is 15.3. The fraction of sp³-hybridized carbons (Fsp3) is 0.292. The van der Waals surface area contributed by atoms with Crippen molar-refractivity contribution < 1.29 is 0 Å². The molecule has 0 aliphatic carbocycles. The highest BCUT2D eigenvalue weighted by Crippen LogP contribution is 2.18. The number of benzene rings is 1. The van der Waals surface area contributed by atoms with Gasteiger partial charge in [0.15, 0.2) is 5.96 Å². The monoisotopic (exact) mass is 415 g/mol. The first-order valence-electron chi connectivity index (χ1n) is 10.6. The summed E-state index contributed by atoms with van der Waals surface area (Å²) in [5, 5.41) is 11.4. The van der Waals surface area contributed by atoms with Crippen LogP contribution in [0.15, 0.2) is 59.7 Å². The van der Waals surface area contributed by atoms with Gasteiger partial charge in [0.25, 0.3) is 0 Å². The molecule has 0 radical (unpaired) electrons. The predicted molar refractivity (Wildman–Crippen MR) is 125 cm³/mol. The van der Waals surface area contributed by atoms with Crippen LogP contribution in [-0.4, -0.2) is 31.7 Å². The minimum Gasteiger partial charge on any atom is -0.357 e. The number of aliphatic imine (C=N–C) groups is 1. The summed E-state index contributed by atoms with van der Waals surface area (Å²) in [6.07, 6.45) is 2.07. The SMILES string of the molecule is CCNC(=NCc1ccccc1-n1nc(C)cc1C)NCc1cn2c(C)cccc2n1. The maximum atomic E-state index is 4.81. The highest BCUT2D eigenvalue weighted by Gasteiger charge is 2.09. The van der Waals surface area contributed by atoms with Crippen LogP contribution in [-0.2, 0) is 13.1 Å². The molecule has 4 aromatic rings. The third-order valence-electron chi connectivity index (χ3n) is 5.16. The van der Waals surface area contributed by atoms with Crippen LogP contribution in [0.2, 0.25) is 0 Å². The maximum Gasteiger partial charge on any atom is 0.191 e. The van der Waals surface area contributed by atoms with E-state index in [1.54, 1.807) is 0 Å². The smallest absolute Gasteiger partial charge is 0.191 e. The minimum atomic E-state index is 0.550. The van der Waals surface area contributed by atoms with Gasteiger partial charge in [-0.05, 0) is 57.5 Å². The molecule has 0 bridgehead atoms. The van der Waals surface area contributed by atoms with E-state index in [2.05, 4.69) is 71.4 Å². The van der Waals surface area contributed by atoms with Crippen molar-refractivity contribution in [3.63, 3.8) is 0 Å². The number of hydrogen-bond acceptors (Lipinski definition) is 3. The number of rotatable bonds is 6. The van der Waals surface area contributed by atoms with Crippen molar-refractivity contribution in [3.05, 3.63) is 83.1 Å². The Balaban J connectivity index is 1.52. The molecule has 160 valence electrons. The summed E-state index contributed by atoms with van der Waals surface area (Å²) < 4.78 is 4.09. The van der Waals surface area contributed by atoms with Crippen molar-refractivity contribution in [1.82, 2.24) is 29.8 Å². The van der Waals surface area contributed by atoms with E-state index in [0.29, 0.717) is 13.1 Å². The molecule has 0 saturated carbocycles. The molecule has 1 aromatic carbocycles. The maximum absolute atomic E-state index is 4.81. The molecule has 2 N–H and O–H groups in total. The van der Waals surface area contributed by atoms with Crippen molar-refractivity contribution in [3.8, 4) is 5.69 Å². The quantitative estimate of drug-likeness (QED) is 0.372. The predicted octanol–water partition coefficient (Wildman–Crippen LogP) is 3.70. The van der Waals surface area contributed by atoms with Gasteiger partial charge in [-0.15, -0.1) is 0 Å². The molecule has 0 unspecified atom stereocenters. The summed E-state index contributed by atoms with van der Waals surface area (Å²) in [5.74, 6) is 0.763. The Morgan fingerprint density at radius 1 is 1.00 bits per heavy atom. The number of nitrogens with one attached hydrogen (secondary N) is 2. The molecule has 0 aliphatic rings. The summed E-state index contributed by atoms with van der Waals surface area (Å²) in [4.78, 5) is 9.51. The molecule has 3 aromatic heterocycles. The van der Waals surface area contributed by atoms with Crippen molar-refractivity contribution in [2.75, 3.05) is 6.54 Å². The molecule has 0 aliphatic heterocycles. The van der Waals surface area contributed by atoms with Crippen molar-refractivity contribution in [2.24, 2.45) is 4.99 Å². The van der Waals surface area contributed by atoms with Crippen LogP contribution < -0.4 is 10.6 Å². The number of guanidine groups is 1. The zero-order valence-electron chi connectivity index (χ0n) is 18.6. The zero-order chi connectivity index (χ0) is 21.8. The van der Waals surface area contributed by atoms with E-state index in [4.69, 9.17) is 9.98 Å². The van der Waals surface area contributed by atoms with Gasteiger partial charge in [0.1, 0.15) is 5.65 Å². The molecular formula is C24H29N7. The highest BCUT2D eigenvalue weighted by molar-refractivity contribution is 5.79. The van der Waals surface area contributed by atoms with Crippen LogP contribution in [0.3, 0.4) is 0 Å². The second kappa shape index (κ2) is 9.04. The van der Waals surface area contributed by atoms with Crippen LogP contribution in [0.25, 0.3) is 11.3 Å². The summed E-state index contributed by atoms with van der Waals surface area (Å²) in [6.45, 7) is 10.2. The van der Waals surface area contributed by atoms with Gasteiger partial charge in [-0.3, -0.25) is 0 Å². The summed E-state index contributed by atoms with van der Waals surface area (Å²) in [6, 6.07) is 16.5. The lowest BCUT2D eigenvalue weighted by Crippen LogP contribution is -2.36. The average Bonchev–Trinajstić information content (AvgIpc) is 3.33. The van der Waals surface area contributed by atoms with Crippen LogP contribution in [0.1, 0.15) is 35.3 Å². The van der Waals surface area contributed by atoms with E-state index in [-0.39, 0.29) is 0 Å². The molecule has 31 heavy (non-hydrogen) atoms. The normalized spacial score (nSPS) is 11.8. The number of fused-ring (bicyclic) bond motifs is 1. The number of nitrogens with zero attached hydrogens (tertiary/aromatic N) is 5. The molecule has 0 spiro atoms. The van der Waals surface area contributed by atoms with E-state index in [9.17, 15) is 0 Å². The Morgan fingerprint density at radius 3 is 2.58 bits per heavy atom. The summed E-state index contributed by atoms with van der Waals surface area (Å²) in [7, 11) is 0. The number of para-hydroxylation sites is 1. The van der Waals surface area contributed by atoms with Gasteiger partial charge in [0.2, 0.25) is 0 Å². The Kier molecular flexibility index (Phi) is 6.02. The number of pyridine rings is 1. The Labute approximate surface area is 182 Å². The number of aromatic nitrogens is 4. The third-order valence-corrected chi connectivity index (χ3v) is 5.16. The number of hydrogen-bond donors (Lipinski definition) is 2. The van der Waals surface area contributed by atoms with E-state index in [1.807, 2.05) is 35.9 Å². The molecule has 3 heterocycles. The lowest BCUT2D eigenvalue weighted by Gasteiger charge is -2.12. The van der Waals surface area contributed by atoms with E-state index >= 15 is 0 Å². The Morgan fingerprint density at radius 2 is 1.84 bits per heavy atom. The Hall–Kier alpha value is -3.61. The number of imidazole rings is 1. The standard InChI is InChI=1S/C24H29N7/c1-5-25-24(27-15-21-16-30-18(3)9-8-12-23(30)28-21)26-14-20-10-6-7-11-22(20)31-19(4)13-17(2)29-31/h6-13,16H,5,14-15H2,1-4H3,(H2,25,26,27). The van der Waals surface area contributed by atoms with Crippen molar-refractivity contribution >= 4 is 11.6 Å². The van der Waals surface area contributed by atoms with Crippen molar-refractivity contribution in [1.29, 1.82) is 0 Å². The van der Waals surface area contributed by atoms with Crippen LogP contribution >= 0.6 is 0 Å². The topological polar surface area (TPSA) is 71.5 Å². The lowest BCUT2D eigenvalue weighted by molar-refractivity contribution is 0.794. The van der Waals surface area contributed by atoms with Gasteiger partial charge in [-0.25, -0.2) is 14.7 Å². The fourth-order valence-corrected chi connectivity index (χ4v) is 3.69. The first-order valence-corrected chi connectivity index (χ1v) is 10.6. The van der Waals surface area contributed by atoms with Gasteiger partial charge in [-0.2, -0.15) is 5.10 Å². The minimum absolute atomic E-state index is 0.550. The van der Waals surface area contributed by atoms with Gasteiger partial charge in [-0.1, -0.05) is 24.3 Å². The largest absolute Gasteiger partial charge is 0.357 e. The molecular weight excluding hydrogens is 386 g/mol. The summed E-state index contributed by atoms with van der Waals surface area (Å²) in [5.41, 5.74) is 7.39. The molecule has 0 amide bonds. The van der Waals surface area contributed by atoms with Crippen LogP contribution in [0, 0.1) is 20.8 Å². The molecule has 0 fully saturated rings. The van der Waals surface area contributed by atoms with E-state index in [0.717, 1.165) is 52.2 Å². The molecule has 0 atom stereocenters. The fourth-order valence-electron chi connectivity index (χ4n) is 3.69. The van der Waals surface area contributed by atoms with E-state index in [1.165, 1.54) is 0 Å².